The van der Waals surface area contributed by atoms with Gasteiger partial charge in [0.1, 0.15) is 0 Å². The van der Waals surface area contributed by atoms with Crippen molar-refractivity contribution in [2.45, 2.75) is 19.8 Å². The molecule has 19 heavy (non-hydrogen) atoms. The highest BCUT2D eigenvalue weighted by atomic mass is 16.6. The van der Waals surface area contributed by atoms with Gasteiger partial charge in [-0.3, -0.25) is 14.9 Å². The second-order valence-corrected chi connectivity index (χ2v) is 4.63. The van der Waals surface area contributed by atoms with Crippen molar-refractivity contribution in [3.8, 4) is 0 Å². The molecule has 1 unspecified atom stereocenters. The van der Waals surface area contributed by atoms with Crippen molar-refractivity contribution in [3.05, 3.63) is 46.5 Å². The summed E-state index contributed by atoms with van der Waals surface area (Å²) in [7, 11) is 0. The molecule has 0 N–H and O–H groups in total. The van der Waals surface area contributed by atoms with Gasteiger partial charge in [-0.1, -0.05) is 19.1 Å². The second kappa shape index (κ2) is 5.22. The molecule has 1 aromatic rings. The molecular formula is C14H16N2O3. The minimum atomic E-state index is -0.436. The Balaban J connectivity index is 2.42. The third kappa shape index (κ3) is 2.50. The minimum absolute atomic E-state index is 0.0000907. The molecular weight excluding hydrogens is 244 g/mol. The average Bonchev–Trinajstić information content (AvgIpc) is 2.79. The molecule has 0 saturated carbocycles. The average molecular weight is 260 g/mol. The number of hydrogen-bond donors (Lipinski definition) is 0. The SMILES string of the molecule is C=CC1CC(=O)N(c2cc([N+](=O)[O-])ccc2CC)C1. The molecule has 5 heteroatoms. The third-order valence-electron chi connectivity index (χ3n) is 3.44. The molecule has 1 amide bonds. The van der Waals surface area contributed by atoms with Crippen LogP contribution in [-0.4, -0.2) is 17.4 Å². The minimum Gasteiger partial charge on any atom is -0.311 e. The summed E-state index contributed by atoms with van der Waals surface area (Å²) in [6.07, 6.45) is 2.92. The lowest BCUT2D eigenvalue weighted by Gasteiger charge is -2.19. The first-order valence-corrected chi connectivity index (χ1v) is 6.27. The smallest absolute Gasteiger partial charge is 0.271 e. The summed E-state index contributed by atoms with van der Waals surface area (Å²) in [5, 5.41) is 10.9. The third-order valence-corrected chi connectivity index (χ3v) is 3.44. The van der Waals surface area contributed by atoms with Crippen molar-refractivity contribution < 1.29 is 9.72 Å². The molecule has 2 rings (SSSR count). The van der Waals surface area contributed by atoms with Gasteiger partial charge in [0.25, 0.3) is 5.69 Å². The summed E-state index contributed by atoms with van der Waals surface area (Å²) in [6, 6.07) is 4.69. The molecule has 100 valence electrons. The zero-order valence-corrected chi connectivity index (χ0v) is 10.8. The molecule has 1 heterocycles. The van der Waals surface area contributed by atoms with E-state index in [4.69, 9.17) is 0 Å². The molecule has 0 aliphatic carbocycles. The van der Waals surface area contributed by atoms with Crippen molar-refractivity contribution in [2.24, 2.45) is 5.92 Å². The molecule has 1 aromatic carbocycles. The van der Waals surface area contributed by atoms with Crippen LogP contribution in [0.4, 0.5) is 11.4 Å². The maximum Gasteiger partial charge on any atom is 0.271 e. The number of rotatable bonds is 4. The van der Waals surface area contributed by atoms with Gasteiger partial charge in [-0.25, -0.2) is 0 Å². The van der Waals surface area contributed by atoms with Gasteiger partial charge in [0.05, 0.1) is 10.6 Å². The van der Waals surface area contributed by atoms with Crippen molar-refractivity contribution >= 4 is 17.3 Å². The fraction of sp³-hybridized carbons (Fsp3) is 0.357. The number of nitrogens with zero attached hydrogens (tertiary/aromatic N) is 2. The van der Waals surface area contributed by atoms with E-state index in [1.54, 1.807) is 17.0 Å². The normalized spacial score (nSPS) is 18.7. The monoisotopic (exact) mass is 260 g/mol. The Morgan fingerprint density at radius 2 is 2.32 bits per heavy atom. The van der Waals surface area contributed by atoms with Gasteiger partial charge in [0.2, 0.25) is 5.91 Å². The van der Waals surface area contributed by atoms with Crippen LogP contribution in [0, 0.1) is 16.0 Å². The van der Waals surface area contributed by atoms with Crippen LogP contribution in [0.5, 0.6) is 0 Å². The summed E-state index contributed by atoms with van der Waals surface area (Å²) in [5.74, 6) is 0.122. The van der Waals surface area contributed by atoms with Crippen molar-refractivity contribution in [1.29, 1.82) is 0 Å². The maximum absolute atomic E-state index is 12.0. The Morgan fingerprint density at radius 3 is 2.84 bits per heavy atom. The Hall–Kier alpha value is -2.17. The zero-order valence-electron chi connectivity index (χ0n) is 10.8. The summed E-state index contributed by atoms with van der Waals surface area (Å²) in [4.78, 5) is 24.1. The van der Waals surface area contributed by atoms with Gasteiger partial charge < -0.3 is 4.90 Å². The fourth-order valence-corrected chi connectivity index (χ4v) is 2.34. The van der Waals surface area contributed by atoms with Gasteiger partial charge in [-0.15, -0.1) is 6.58 Å². The topological polar surface area (TPSA) is 63.5 Å². The zero-order chi connectivity index (χ0) is 14.0. The van der Waals surface area contributed by atoms with E-state index in [1.807, 2.05) is 6.92 Å². The lowest BCUT2D eigenvalue weighted by Crippen LogP contribution is -2.25. The Kier molecular flexibility index (Phi) is 3.64. The van der Waals surface area contributed by atoms with E-state index in [-0.39, 0.29) is 17.5 Å². The highest BCUT2D eigenvalue weighted by molar-refractivity contribution is 5.97. The molecule has 5 nitrogen and oxygen atoms in total. The molecule has 1 saturated heterocycles. The van der Waals surface area contributed by atoms with Crippen LogP contribution in [-0.2, 0) is 11.2 Å². The number of hydrogen-bond acceptors (Lipinski definition) is 3. The maximum atomic E-state index is 12.0. The van der Waals surface area contributed by atoms with E-state index < -0.39 is 4.92 Å². The van der Waals surface area contributed by atoms with Crippen LogP contribution in [0.15, 0.2) is 30.9 Å². The lowest BCUT2D eigenvalue weighted by molar-refractivity contribution is -0.384. The number of carbonyl (C=O) groups excluding carboxylic acids is 1. The predicted octanol–water partition coefficient (Wildman–Crippen LogP) is 2.70. The number of amides is 1. The summed E-state index contributed by atoms with van der Waals surface area (Å²) in [6.45, 7) is 6.23. The number of nitro groups is 1. The Bertz CT molecular complexity index is 539. The first kappa shape index (κ1) is 13.3. The molecule has 0 spiro atoms. The van der Waals surface area contributed by atoms with Gasteiger partial charge in [0, 0.05) is 31.0 Å². The Morgan fingerprint density at radius 1 is 1.58 bits per heavy atom. The van der Waals surface area contributed by atoms with Crippen LogP contribution < -0.4 is 4.90 Å². The van der Waals surface area contributed by atoms with Gasteiger partial charge >= 0.3 is 0 Å². The molecule has 1 fully saturated rings. The van der Waals surface area contributed by atoms with E-state index >= 15 is 0 Å². The second-order valence-electron chi connectivity index (χ2n) is 4.63. The predicted molar refractivity (Wildman–Crippen MR) is 73.1 cm³/mol. The van der Waals surface area contributed by atoms with Crippen molar-refractivity contribution in [2.75, 3.05) is 11.4 Å². The van der Waals surface area contributed by atoms with Crippen molar-refractivity contribution in [3.63, 3.8) is 0 Å². The van der Waals surface area contributed by atoms with E-state index in [2.05, 4.69) is 6.58 Å². The molecule has 0 radical (unpaired) electrons. The van der Waals surface area contributed by atoms with E-state index in [0.29, 0.717) is 18.7 Å². The van der Waals surface area contributed by atoms with Gasteiger partial charge in [-0.05, 0) is 12.0 Å². The Labute approximate surface area is 111 Å². The lowest BCUT2D eigenvalue weighted by atomic mass is 10.1. The number of carbonyl (C=O) groups is 1. The quantitative estimate of drug-likeness (QED) is 0.475. The first-order valence-electron chi connectivity index (χ1n) is 6.27. The van der Waals surface area contributed by atoms with E-state index in [0.717, 1.165) is 12.0 Å². The molecule has 1 atom stereocenters. The van der Waals surface area contributed by atoms with Crippen LogP contribution in [0.2, 0.25) is 0 Å². The summed E-state index contributed by atoms with van der Waals surface area (Å²) >= 11 is 0. The van der Waals surface area contributed by atoms with Gasteiger partial charge in [0.15, 0.2) is 0 Å². The summed E-state index contributed by atoms with van der Waals surface area (Å²) in [5.41, 5.74) is 1.62. The highest BCUT2D eigenvalue weighted by Crippen LogP contribution is 2.31. The number of benzene rings is 1. The standard InChI is InChI=1S/C14H16N2O3/c1-3-10-7-14(17)15(9-10)13-8-12(16(18)19)6-5-11(13)4-2/h3,5-6,8,10H,1,4,7,9H2,2H3. The molecule has 1 aliphatic heterocycles. The van der Waals surface area contributed by atoms with Gasteiger partial charge in [-0.2, -0.15) is 0 Å². The van der Waals surface area contributed by atoms with Crippen LogP contribution in [0.3, 0.4) is 0 Å². The fourth-order valence-electron chi connectivity index (χ4n) is 2.34. The molecule has 1 aliphatic rings. The number of non-ortho nitro benzene ring substituents is 1. The first-order chi connectivity index (χ1) is 9.06. The van der Waals surface area contributed by atoms with Crippen molar-refractivity contribution in [1.82, 2.24) is 0 Å². The van der Waals surface area contributed by atoms with E-state index in [9.17, 15) is 14.9 Å². The number of anilines is 1. The summed E-state index contributed by atoms with van der Waals surface area (Å²) < 4.78 is 0. The van der Waals surface area contributed by atoms with E-state index in [1.165, 1.54) is 12.1 Å². The largest absolute Gasteiger partial charge is 0.311 e. The van der Waals surface area contributed by atoms with Crippen LogP contribution in [0.25, 0.3) is 0 Å². The highest BCUT2D eigenvalue weighted by Gasteiger charge is 2.30. The van der Waals surface area contributed by atoms with Crippen LogP contribution >= 0.6 is 0 Å². The molecule has 0 bridgehead atoms. The molecule has 0 aromatic heterocycles. The van der Waals surface area contributed by atoms with Crippen LogP contribution in [0.1, 0.15) is 18.9 Å². The number of aryl methyl sites for hydroxylation is 1. The number of nitro benzene ring substituents is 1.